The standard InChI is InChI=1S/C17H17ClN2O/c1-12-4-2-5-15(19-12)17(21)20-11-3-6-16(20)13-7-9-14(18)10-8-13/h2,4-5,7-10,16H,3,6,11H2,1H3. The average Bonchev–Trinajstić information content (AvgIpc) is 2.96. The van der Waals surface area contributed by atoms with Crippen LogP contribution in [-0.4, -0.2) is 22.3 Å². The molecular weight excluding hydrogens is 284 g/mol. The predicted molar refractivity (Wildman–Crippen MR) is 83.4 cm³/mol. The van der Waals surface area contributed by atoms with Gasteiger partial charge in [0.05, 0.1) is 6.04 Å². The lowest BCUT2D eigenvalue weighted by Crippen LogP contribution is -2.31. The first-order valence-corrected chi connectivity index (χ1v) is 7.53. The Bertz CT molecular complexity index is 654. The maximum atomic E-state index is 12.7. The Hall–Kier alpha value is -1.87. The molecule has 21 heavy (non-hydrogen) atoms. The molecule has 1 aliphatic heterocycles. The van der Waals surface area contributed by atoms with E-state index in [1.165, 1.54) is 0 Å². The van der Waals surface area contributed by atoms with Gasteiger partial charge in [0, 0.05) is 17.3 Å². The third-order valence-electron chi connectivity index (χ3n) is 3.88. The van der Waals surface area contributed by atoms with E-state index in [2.05, 4.69) is 4.98 Å². The van der Waals surface area contributed by atoms with Gasteiger partial charge in [0.1, 0.15) is 5.69 Å². The minimum atomic E-state index is 0.0103. The van der Waals surface area contributed by atoms with Crippen molar-refractivity contribution in [1.82, 2.24) is 9.88 Å². The van der Waals surface area contributed by atoms with Crippen LogP contribution in [0.2, 0.25) is 5.02 Å². The fourth-order valence-electron chi connectivity index (χ4n) is 2.85. The number of rotatable bonds is 2. The summed E-state index contributed by atoms with van der Waals surface area (Å²) in [7, 11) is 0. The number of aryl methyl sites for hydroxylation is 1. The van der Waals surface area contributed by atoms with Crippen molar-refractivity contribution in [2.24, 2.45) is 0 Å². The lowest BCUT2D eigenvalue weighted by Gasteiger charge is -2.25. The molecule has 0 saturated carbocycles. The molecule has 0 spiro atoms. The molecule has 4 heteroatoms. The van der Waals surface area contributed by atoms with Crippen molar-refractivity contribution in [2.75, 3.05) is 6.54 Å². The molecule has 3 nitrogen and oxygen atoms in total. The highest BCUT2D eigenvalue weighted by atomic mass is 35.5. The quantitative estimate of drug-likeness (QED) is 0.839. The largest absolute Gasteiger partial charge is 0.330 e. The van der Waals surface area contributed by atoms with Gasteiger partial charge in [-0.25, -0.2) is 4.98 Å². The minimum absolute atomic E-state index is 0.0103. The number of amides is 1. The molecule has 0 radical (unpaired) electrons. The number of likely N-dealkylation sites (tertiary alicyclic amines) is 1. The van der Waals surface area contributed by atoms with E-state index in [0.29, 0.717) is 5.69 Å². The van der Waals surface area contributed by atoms with Gasteiger partial charge in [0.25, 0.3) is 5.91 Å². The molecule has 1 aliphatic rings. The van der Waals surface area contributed by atoms with E-state index in [0.717, 1.165) is 35.7 Å². The summed E-state index contributed by atoms with van der Waals surface area (Å²) in [4.78, 5) is 19.0. The fraction of sp³-hybridized carbons (Fsp3) is 0.294. The summed E-state index contributed by atoms with van der Waals surface area (Å²) in [5.41, 5.74) is 2.52. The number of carbonyl (C=O) groups is 1. The minimum Gasteiger partial charge on any atom is -0.330 e. The molecule has 1 unspecified atom stereocenters. The van der Waals surface area contributed by atoms with E-state index in [-0.39, 0.29) is 11.9 Å². The molecular formula is C17H17ClN2O. The molecule has 0 N–H and O–H groups in total. The lowest BCUT2D eigenvalue weighted by molar-refractivity contribution is 0.0729. The van der Waals surface area contributed by atoms with E-state index in [4.69, 9.17) is 11.6 Å². The van der Waals surface area contributed by atoms with Gasteiger partial charge in [-0.2, -0.15) is 0 Å². The van der Waals surface area contributed by atoms with Crippen LogP contribution in [0.5, 0.6) is 0 Å². The topological polar surface area (TPSA) is 33.2 Å². The summed E-state index contributed by atoms with van der Waals surface area (Å²) in [5, 5.41) is 0.718. The van der Waals surface area contributed by atoms with Crippen molar-refractivity contribution >= 4 is 17.5 Å². The monoisotopic (exact) mass is 300 g/mol. The molecule has 2 aromatic rings. The highest BCUT2D eigenvalue weighted by Crippen LogP contribution is 2.33. The number of hydrogen-bond donors (Lipinski definition) is 0. The average molecular weight is 301 g/mol. The Labute approximate surface area is 129 Å². The second-order valence-corrected chi connectivity index (χ2v) is 5.81. The highest BCUT2D eigenvalue weighted by molar-refractivity contribution is 6.30. The lowest BCUT2D eigenvalue weighted by atomic mass is 10.0. The summed E-state index contributed by atoms with van der Waals surface area (Å²) in [6, 6.07) is 13.4. The molecule has 1 atom stereocenters. The zero-order valence-electron chi connectivity index (χ0n) is 11.9. The third-order valence-corrected chi connectivity index (χ3v) is 4.13. The molecule has 108 valence electrons. The number of pyridine rings is 1. The van der Waals surface area contributed by atoms with Crippen molar-refractivity contribution in [3.63, 3.8) is 0 Å². The fourth-order valence-corrected chi connectivity index (χ4v) is 2.98. The van der Waals surface area contributed by atoms with Crippen molar-refractivity contribution in [3.8, 4) is 0 Å². The van der Waals surface area contributed by atoms with Gasteiger partial charge in [-0.1, -0.05) is 29.8 Å². The summed E-state index contributed by atoms with van der Waals surface area (Å²) < 4.78 is 0. The molecule has 2 heterocycles. The smallest absolute Gasteiger partial charge is 0.272 e. The van der Waals surface area contributed by atoms with E-state index in [1.807, 2.05) is 48.2 Å². The molecule has 1 fully saturated rings. The van der Waals surface area contributed by atoms with Gasteiger partial charge in [-0.15, -0.1) is 0 Å². The maximum Gasteiger partial charge on any atom is 0.272 e. The number of nitrogens with zero attached hydrogens (tertiary/aromatic N) is 2. The highest BCUT2D eigenvalue weighted by Gasteiger charge is 2.31. The number of aromatic nitrogens is 1. The Balaban J connectivity index is 1.87. The molecule has 3 rings (SSSR count). The summed E-state index contributed by atoms with van der Waals surface area (Å²) >= 11 is 5.94. The number of carbonyl (C=O) groups excluding carboxylic acids is 1. The summed E-state index contributed by atoms with van der Waals surface area (Å²) in [5.74, 6) is 0.0103. The second-order valence-electron chi connectivity index (χ2n) is 5.37. The van der Waals surface area contributed by atoms with Crippen LogP contribution in [0, 0.1) is 6.92 Å². The van der Waals surface area contributed by atoms with Crippen molar-refractivity contribution in [1.29, 1.82) is 0 Å². The van der Waals surface area contributed by atoms with Gasteiger partial charge in [0.2, 0.25) is 0 Å². The summed E-state index contributed by atoms with van der Waals surface area (Å²) in [6.07, 6.45) is 2.00. The van der Waals surface area contributed by atoms with Gasteiger partial charge in [-0.05, 0) is 49.6 Å². The SMILES string of the molecule is Cc1cccc(C(=O)N2CCCC2c2ccc(Cl)cc2)n1. The molecule has 1 saturated heterocycles. The van der Waals surface area contributed by atoms with Crippen molar-refractivity contribution < 1.29 is 4.79 Å². The van der Waals surface area contributed by atoms with E-state index in [1.54, 1.807) is 6.07 Å². The second kappa shape index (κ2) is 5.86. The van der Waals surface area contributed by atoms with Crippen LogP contribution in [-0.2, 0) is 0 Å². The Morgan fingerprint density at radius 1 is 1.24 bits per heavy atom. The third kappa shape index (κ3) is 2.93. The van der Waals surface area contributed by atoms with Crippen LogP contribution in [0.15, 0.2) is 42.5 Å². The maximum absolute atomic E-state index is 12.7. The first-order chi connectivity index (χ1) is 10.1. The zero-order chi connectivity index (χ0) is 14.8. The first-order valence-electron chi connectivity index (χ1n) is 7.15. The van der Waals surface area contributed by atoms with Gasteiger partial charge in [-0.3, -0.25) is 4.79 Å². The molecule has 0 aliphatic carbocycles. The van der Waals surface area contributed by atoms with E-state index >= 15 is 0 Å². The van der Waals surface area contributed by atoms with Gasteiger partial charge in [0.15, 0.2) is 0 Å². The van der Waals surface area contributed by atoms with Crippen molar-refractivity contribution in [3.05, 3.63) is 64.4 Å². The van der Waals surface area contributed by atoms with Gasteiger partial charge >= 0.3 is 0 Å². The van der Waals surface area contributed by atoms with Crippen LogP contribution >= 0.6 is 11.6 Å². The molecule has 1 aromatic carbocycles. The van der Waals surface area contributed by atoms with Crippen LogP contribution in [0.4, 0.5) is 0 Å². The predicted octanol–water partition coefficient (Wildman–Crippen LogP) is 4.02. The molecule has 1 aromatic heterocycles. The van der Waals surface area contributed by atoms with Gasteiger partial charge < -0.3 is 4.90 Å². The molecule has 0 bridgehead atoms. The van der Waals surface area contributed by atoms with Crippen LogP contribution in [0.3, 0.4) is 0 Å². The van der Waals surface area contributed by atoms with E-state index in [9.17, 15) is 4.79 Å². The Kier molecular flexibility index (Phi) is 3.93. The first kappa shape index (κ1) is 14.1. The Morgan fingerprint density at radius 2 is 2.00 bits per heavy atom. The van der Waals surface area contributed by atoms with Crippen molar-refractivity contribution in [2.45, 2.75) is 25.8 Å². The Morgan fingerprint density at radius 3 is 2.71 bits per heavy atom. The normalized spacial score (nSPS) is 18.0. The van der Waals surface area contributed by atoms with Crippen LogP contribution in [0.25, 0.3) is 0 Å². The number of benzene rings is 1. The molecule has 1 amide bonds. The van der Waals surface area contributed by atoms with Crippen LogP contribution < -0.4 is 0 Å². The zero-order valence-corrected chi connectivity index (χ0v) is 12.7. The summed E-state index contributed by atoms with van der Waals surface area (Å²) in [6.45, 7) is 2.68. The number of halogens is 1. The van der Waals surface area contributed by atoms with Crippen LogP contribution in [0.1, 0.15) is 40.6 Å². The van der Waals surface area contributed by atoms with E-state index < -0.39 is 0 Å². The number of hydrogen-bond acceptors (Lipinski definition) is 2.